The number of morpholine rings is 1. The van der Waals surface area contributed by atoms with Crippen molar-refractivity contribution in [3.8, 4) is 5.75 Å². The van der Waals surface area contributed by atoms with Crippen molar-refractivity contribution in [1.29, 1.82) is 0 Å². The molecule has 3 rings (SSSR count). The summed E-state index contributed by atoms with van der Waals surface area (Å²) in [6, 6.07) is 17.8. The highest BCUT2D eigenvalue weighted by molar-refractivity contribution is 5.80. The van der Waals surface area contributed by atoms with Crippen molar-refractivity contribution in [3.63, 3.8) is 0 Å². The van der Waals surface area contributed by atoms with Crippen LogP contribution in [0.3, 0.4) is 0 Å². The maximum absolute atomic E-state index is 12.2. The van der Waals surface area contributed by atoms with E-state index in [2.05, 4.69) is 34.5 Å². The van der Waals surface area contributed by atoms with Crippen LogP contribution in [0.1, 0.15) is 18.1 Å². The standard InChI is InChI=1S/C21H26N2O3/c1-17(26-20-5-3-2-4-6-20)21(24)22-15-18-7-9-19(10-8-18)16-23-11-13-25-14-12-23/h2-10,17H,11-16H2,1H3,(H,22,24)/t17-/m1/s1. The van der Waals surface area contributed by atoms with E-state index in [0.29, 0.717) is 12.3 Å². The van der Waals surface area contributed by atoms with Gasteiger partial charge in [0.05, 0.1) is 13.2 Å². The van der Waals surface area contributed by atoms with E-state index in [-0.39, 0.29) is 5.91 Å². The third-order valence-corrected chi connectivity index (χ3v) is 4.42. The molecule has 2 aromatic carbocycles. The van der Waals surface area contributed by atoms with Gasteiger partial charge < -0.3 is 14.8 Å². The Hall–Kier alpha value is -2.37. The van der Waals surface area contributed by atoms with Crippen LogP contribution in [0.15, 0.2) is 54.6 Å². The normalized spacial score (nSPS) is 16.0. The number of hydrogen-bond acceptors (Lipinski definition) is 4. The number of nitrogens with one attached hydrogen (secondary N) is 1. The molecular formula is C21H26N2O3. The van der Waals surface area contributed by atoms with Crippen LogP contribution in [0.5, 0.6) is 5.75 Å². The topological polar surface area (TPSA) is 50.8 Å². The van der Waals surface area contributed by atoms with Crippen molar-refractivity contribution in [3.05, 3.63) is 65.7 Å². The lowest BCUT2D eigenvalue weighted by Gasteiger charge is -2.26. The zero-order valence-electron chi connectivity index (χ0n) is 15.2. The molecule has 1 aliphatic rings. The highest BCUT2D eigenvalue weighted by atomic mass is 16.5. The molecule has 1 amide bonds. The highest BCUT2D eigenvalue weighted by Crippen LogP contribution is 2.12. The van der Waals surface area contributed by atoms with E-state index in [1.807, 2.05) is 30.3 Å². The summed E-state index contributed by atoms with van der Waals surface area (Å²) in [4.78, 5) is 14.6. The van der Waals surface area contributed by atoms with Crippen LogP contribution in [-0.4, -0.2) is 43.2 Å². The predicted molar refractivity (Wildman–Crippen MR) is 101 cm³/mol. The fourth-order valence-corrected chi connectivity index (χ4v) is 2.87. The zero-order chi connectivity index (χ0) is 18.2. The predicted octanol–water partition coefficient (Wildman–Crippen LogP) is 2.60. The lowest BCUT2D eigenvalue weighted by atomic mass is 10.1. The van der Waals surface area contributed by atoms with Gasteiger partial charge in [-0.2, -0.15) is 0 Å². The number of carbonyl (C=O) groups excluding carboxylic acids is 1. The Morgan fingerprint density at radius 2 is 1.73 bits per heavy atom. The van der Waals surface area contributed by atoms with Gasteiger partial charge in [0.15, 0.2) is 6.10 Å². The maximum Gasteiger partial charge on any atom is 0.261 e. The molecule has 1 heterocycles. The molecule has 138 valence electrons. The molecule has 1 atom stereocenters. The molecule has 0 unspecified atom stereocenters. The first-order valence-electron chi connectivity index (χ1n) is 9.08. The van der Waals surface area contributed by atoms with Gasteiger partial charge in [-0.05, 0) is 30.2 Å². The van der Waals surface area contributed by atoms with Crippen LogP contribution in [0.4, 0.5) is 0 Å². The summed E-state index contributed by atoms with van der Waals surface area (Å²) in [5.74, 6) is 0.578. The van der Waals surface area contributed by atoms with E-state index < -0.39 is 6.10 Å². The lowest BCUT2D eigenvalue weighted by molar-refractivity contribution is -0.127. The molecule has 26 heavy (non-hydrogen) atoms. The molecule has 1 saturated heterocycles. The van der Waals surface area contributed by atoms with Crippen molar-refractivity contribution in [2.75, 3.05) is 26.3 Å². The monoisotopic (exact) mass is 354 g/mol. The summed E-state index contributed by atoms with van der Waals surface area (Å²) < 4.78 is 11.0. The summed E-state index contributed by atoms with van der Waals surface area (Å²) >= 11 is 0. The number of ether oxygens (including phenoxy) is 2. The Kier molecular flexibility index (Phi) is 6.63. The molecule has 0 saturated carbocycles. The number of benzene rings is 2. The fourth-order valence-electron chi connectivity index (χ4n) is 2.87. The lowest BCUT2D eigenvalue weighted by Crippen LogP contribution is -2.36. The van der Waals surface area contributed by atoms with Crippen molar-refractivity contribution in [2.24, 2.45) is 0 Å². The molecule has 0 radical (unpaired) electrons. The van der Waals surface area contributed by atoms with E-state index in [1.165, 1.54) is 5.56 Å². The molecule has 2 aromatic rings. The quantitative estimate of drug-likeness (QED) is 0.830. The van der Waals surface area contributed by atoms with Crippen LogP contribution >= 0.6 is 0 Å². The molecule has 0 aliphatic carbocycles. The largest absolute Gasteiger partial charge is 0.481 e. The molecule has 1 N–H and O–H groups in total. The van der Waals surface area contributed by atoms with Gasteiger partial charge in [-0.15, -0.1) is 0 Å². The Labute approximate surface area is 154 Å². The minimum absolute atomic E-state index is 0.119. The molecule has 0 bridgehead atoms. The van der Waals surface area contributed by atoms with Crippen LogP contribution in [0, 0.1) is 0 Å². The second-order valence-electron chi connectivity index (χ2n) is 6.50. The summed E-state index contributed by atoms with van der Waals surface area (Å²) in [7, 11) is 0. The van der Waals surface area contributed by atoms with E-state index in [1.54, 1.807) is 6.92 Å². The van der Waals surface area contributed by atoms with Gasteiger partial charge in [0.1, 0.15) is 5.75 Å². The summed E-state index contributed by atoms with van der Waals surface area (Å²) in [6.45, 7) is 6.79. The van der Waals surface area contributed by atoms with Gasteiger partial charge >= 0.3 is 0 Å². The van der Waals surface area contributed by atoms with Gasteiger partial charge in [0.25, 0.3) is 5.91 Å². The number of rotatable bonds is 7. The first-order valence-corrected chi connectivity index (χ1v) is 9.08. The van der Waals surface area contributed by atoms with Crippen LogP contribution in [0.2, 0.25) is 0 Å². The maximum atomic E-state index is 12.2. The molecule has 0 spiro atoms. The first kappa shape index (κ1) is 18.4. The molecule has 1 fully saturated rings. The minimum atomic E-state index is -0.530. The summed E-state index contributed by atoms with van der Waals surface area (Å²) in [5, 5.41) is 2.93. The third kappa shape index (κ3) is 5.58. The molecular weight excluding hydrogens is 328 g/mol. The average molecular weight is 354 g/mol. The van der Waals surface area contributed by atoms with Gasteiger partial charge in [-0.1, -0.05) is 42.5 Å². The second kappa shape index (κ2) is 9.36. The van der Waals surface area contributed by atoms with Gasteiger partial charge in [-0.3, -0.25) is 9.69 Å². The number of carbonyl (C=O) groups is 1. The molecule has 5 heteroatoms. The van der Waals surface area contributed by atoms with Crippen LogP contribution < -0.4 is 10.1 Å². The molecule has 1 aliphatic heterocycles. The summed E-state index contributed by atoms with van der Waals surface area (Å²) in [5.41, 5.74) is 2.36. The highest BCUT2D eigenvalue weighted by Gasteiger charge is 2.14. The van der Waals surface area contributed by atoms with E-state index in [9.17, 15) is 4.79 Å². The van der Waals surface area contributed by atoms with Gasteiger partial charge in [-0.25, -0.2) is 0 Å². The van der Waals surface area contributed by atoms with Crippen molar-refractivity contribution < 1.29 is 14.3 Å². The fraction of sp³-hybridized carbons (Fsp3) is 0.381. The Balaban J connectivity index is 1.44. The Bertz CT molecular complexity index is 682. The van der Waals surface area contributed by atoms with Crippen molar-refractivity contribution >= 4 is 5.91 Å². The van der Waals surface area contributed by atoms with E-state index >= 15 is 0 Å². The smallest absolute Gasteiger partial charge is 0.261 e. The zero-order valence-corrected chi connectivity index (χ0v) is 15.2. The molecule has 0 aromatic heterocycles. The SMILES string of the molecule is C[C@@H](Oc1ccccc1)C(=O)NCc1ccc(CN2CCOCC2)cc1. The first-order chi connectivity index (χ1) is 12.7. The van der Waals surface area contributed by atoms with E-state index in [0.717, 1.165) is 38.4 Å². The number of para-hydroxylation sites is 1. The van der Waals surface area contributed by atoms with Crippen molar-refractivity contribution in [1.82, 2.24) is 10.2 Å². The number of hydrogen-bond donors (Lipinski definition) is 1. The van der Waals surface area contributed by atoms with Gasteiger partial charge in [0, 0.05) is 26.2 Å². The van der Waals surface area contributed by atoms with Crippen molar-refractivity contribution in [2.45, 2.75) is 26.1 Å². The Morgan fingerprint density at radius 3 is 2.42 bits per heavy atom. The third-order valence-electron chi connectivity index (χ3n) is 4.42. The Morgan fingerprint density at radius 1 is 1.08 bits per heavy atom. The number of nitrogens with zero attached hydrogens (tertiary/aromatic N) is 1. The van der Waals surface area contributed by atoms with Crippen LogP contribution in [-0.2, 0) is 22.6 Å². The minimum Gasteiger partial charge on any atom is -0.481 e. The summed E-state index contributed by atoms with van der Waals surface area (Å²) in [6.07, 6.45) is -0.530. The number of amides is 1. The molecule has 5 nitrogen and oxygen atoms in total. The second-order valence-corrected chi connectivity index (χ2v) is 6.50. The van der Waals surface area contributed by atoms with E-state index in [4.69, 9.17) is 9.47 Å². The van der Waals surface area contributed by atoms with Crippen LogP contribution in [0.25, 0.3) is 0 Å². The van der Waals surface area contributed by atoms with Gasteiger partial charge in [0.2, 0.25) is 0 Å². The average Bonchev–Trinajstić information content (AvgIpc) is 2.69.